The average molecular weight is 552 g/mol. The molecule has 0 aliphatic carbocycles. The summed E-state index contributed by atoms with van der Waals surface area (Å²) in [6.07, 6.45) is 1.03. The first-order valence-corrected chi connectivity index (χ1v) is 11.3. The molecule has 12 heteroatoms. The van der Waals surface area contributed by atoms with Crippen LogP contribution in [0.4, 0.5) is 5.69 Å². The van der Waals surface area contributed by atoms with Gasteiger partial charge in [-0.2, -0.15) is 5.10 Å². The maximum absolute atomic E-state index is 13.3. The number of likely N-dealkylation sites (N-methyl/N-ethyl adjacent to an activating group) is 1. The van der Waals surface area contributed by atoms with Crippen LogP contribution in [0.2, 0.25) is 10.0 Å². The minimum atomic E-state index is -0.753. The van der Waals surface area contributed by atoms with Crippen LogP contribution < -0.4 is 10.6 Å². The van der Waals surface area contributed by atoms with Crippen LogP contribution in [0.15, 0.2) is 46.3 Å². The number of hydrogen-bond donors (Lipinski definition) is 2. The Labute approximate surface area is 207 Å². The van der Waals surface area contributed by atoms with E-state index in [0.717, 1.165) is 0 Å². The van der Waals surface area contributed by atoms with Gasteiger partial charge in [0.1, 0.15) is 10.3 Å². The fourth-order valence-electron chi connectivity index (χ4n) is 3.36. The first kappa shape index (κ1) is 23.2. The van der Waals surface area contributed by atoms with Gasteiger partial charge in [0.2, 0.25) is 6.10 Å². The average Bonchev–Trinajstić information content (AvgIpc) is 3.42. The Kier molecular flexibility index (Phi) is 6.68. The summed E-state index contributed by atoms with van der Waals surface area (Å²) < 4.78 is 1.79. The SMILES string of the molecule is CNC(=O)C1CC(c2cc(Cl)cc(C)c2NC(=O)c2cc(Br)nn2-c2ncccc2Cl)=NO1. The van der Waals surface area contributed by atoms with Crippen LogP contribution >= 0.6 is 39.1 Å². The Hall–Kier alpha value is -2.95. The highest BCUT2D eigenvalue weighted by Gasteiger charge is 2.30. The Morgan fingerprint density at radius 3 is 2.79 bits per heavy atom. The van der Waals surface area contributed by atoms with Crippen LogP contribution in [0.5, 0.6) is 0 Å². The summed E-state index contributed by atoms with van der Waals surface area (Å²) in [6, 6.07) is 8.29. The van der Waals surface area contributed by atoms with Crippen molar-refractivity contribution in [1.29, 1.82) is 0 Å². The van der Waals surface area contributed by atoms with Gasteiger partial charge in [-0.05, 0) is 52.7 Å². The topological polar surface area (TPSA) is 111 Å². The second-order valence-corrected chi connectivity index (χ2v) is 8.78. The van der Waals surface area contributed by atoms with Gasteiger partial charge in [-0.15, -0.1) is 0 Å². The monoisotopic (exact) mass is 550 g/mol. The van der Waals surface area contributed by atoms with Crippen LogP contribution in [0.25, 0.3) is 5.82 Å². The summed E-state index contributed by atoms with van der Waals surface area (Å²) in [4.78, 5) is 34.8. The molecule has 3 heterocycles. The molecule has 2 N–H and O–H groups in total. The molecular formula is C21H17BrCl2N6O3. The van der Waals surface area contributed by atoms with Crippen molar-refractivity contribution >= 4 is 62.3 Å². The van der Waals surface area contributed by atoms with Gasteiger partial charge >= 0.3 is 0 Å². The number of hydrogen-bond acceptors (Lipinski definition) is 6. The number of nitrogens with one attached hydrogen (secondary N) is 2. The number of nitrogens with zero attached hydrogens (tertiary/aromatic N) is 4. The fraction of sp³-hybridized carbons (Fsp3) is 0.190. The molecule has 33 heavy (non-hydrogen) atoms. The molecule has 9 nitrogen and oxygen atoms in total. The van der Waals surface area contributed by atoms with Gasteiger partial charge in [0.05, 0.1) is 16.4 Å². The molecule has 0 fully saturated rings. The van der Waals surface area contributed by atoms with Gasteiger partial charge < -0.3 is 15.5 Å². The molecule has 1 aromatic carbocycles. The maximum atomic E-state index is 13.3. The number of benzene rings is 1. The lowest BCUT2D eigenvalue weighted by Crippen LogP contribution is -2.32. The number of anilines is 1. The molecule has 0 radical (unpaired) electrons. The lowest BCUT2D eigenvalue weighted by Gasteiger charge is -2.15. The Morgan fingerprint density at radius 2 is 2.06 bits per heavy atom. The molecule has 2 aromatic heterocycles. The van der Waals surface area contributed by atoms with Gasteiger partial charge in [0.15, 0.2) is 5.82 Å². The van der Waals surface area contributed by atoms with E-state index in [2.05, 4.69) is 41.8 Å². The number of pyridine rings is 1. The predicted molar refractivity (Wildman–Crippen MR) is 128 cm³/mol. The quantitative estimate of drug-likeness (QED) is 0.495. The molecule has 1 aliphatic heterocycles. The van der Waals surface area contributed by atoms with Gasteiger partial charge in [0.25, 0.3) is 11.8 Å². The molecule has 0 saturated carbocycles. The number of carbonyl (C=O) groups is 2. The van der Waals surface area contributed by atoms with Gasteiger partial charge in [0, 0.05) is 36.3 Å². The third-order valence-electron chi connectivity index (χ3n) is 4.91. The lowest BCUT2D eigenvalue weighted by molar-refractivity contribution is -0.130. The van der Waals surface area contributed by atoms with E-state index in [0.29, 0.717) is 43.0 Å². The number of rotatable bonds is 5. The number of oxime groups is 1. The second-order valence-electron chi connectivity index (χ2n) is 7.12. The molecule has 2 amide bonds. The summed E-state index contributed by atoms with van der Waals surface area (Å²) in [5.74, 6) is -0.437. The number of halogens is 3. The van der Waals surface area contributed by atoms with E-state index in [1.54, 1.807) is 43.5 Å². The molecule has 1 unspecified atom stereocenters. The first-order chi connectivity index (χ1) is 15.8. The van der Waals surface area contributed by atoms with Crippen molar-refractivity contribution in [3.8, 4) is 5.82 Å². The number of aromatic nitrogens is 3. The molecule has 170 valence electrons. The highest BCUT2D eigenvalue weighted by Crippen LogP contribution is 2.31. The minimum Gasteiger partial charge on any atom is -0.382 e. The molecular weight excluding hydrogens is 535 g/mol. The predicted octanol–water partition coefficient (Wildman–Crippen LogP) is 4.14. The first-order valence-electron chi connectivity index (χ1n) is 9.71. The standard InChI is InChI=1S/C21H17BrCl2N6O3/c1-10-6-11(23)7-12(14-8-16(33-29-14)21(32)25-2)18(10)27-20(31)15-9-17(22)28-30(15)19-13(24)4-3-5-26-19/h3-7,9,16H,8H2,1-2H3,(H,25,32)(H,27,31). The minimum absolute atomic E-state index is 0.204. The molecule has 0 saturated heterocycles. The summed E-state index contributed by atoms with van der Waals surface area (Å²) in [5, 5.41) is 14.6. The highest BCUT2D eigenvalue weighted by atomic mass is 79.9. The van der Waals surface area contributed by atoms with Crippen molar-refractivity contribution in [3.05, 3.63) is 68.0 Å². The molecule has 0 spiro atoms. The largest absolute Gasteiger partial charge is 0.382 e. The third kappa shape index (κ3) is 4.73. The maximum Gasteiger partial charge on any atom is 0.274 e. The van der Waals surface area contributed by atoms with E-state index in [9.17, 15) is 9.59 Å². The third-order valence-corrected chi connectivity index (χ3v) is 5.81. The van der Waals surface area contributed by atoms with Crippen LogP contribution in [0.1, 0.15) is 28.0 Å². The molecule has 0 bridgehead atoms. The van der Waals surface area contributed by atoms with E-state index in [-0.39, 0.29) is 18.0 Å². The number of carbonyl (C=O) groups excluding carboxylic acids is 2. The second kappa shape index (κ2) is 9.50. The molecule has 1 aliphatic rings. The highest BCUT2D eigenvalue weighted by molar-refractivity contribution is 9.10. The zero-order valence-electron chi connectivity index (χ0n) is 17.4. The van der Waals surface area contributed by atoms with Gasteiger partial charge in [-0.3, -0.25) is 9.59 Å². The normalized spacial score (nSPS) is 15.1. The van der Waals surface area contributed by atoms with Crippen LogP contribution in [0.3, 0.4) is 0 Å². The number of amides is 2. The van der Waals surface area contributed by atoms with Crippen molar-refractivity contribution in [2.75, 3.05) is 12.4 Å². The van der Waals surface area contributed by atoms with Gasteiger partial charge in [-0.25, -0.2) is 9.67 Å². The lowest BCUT2D eigenvalue weighted by atomic mass is 9.99. The molecule has 4 rings (SSSR count). The van der Waals surface area contributed by atoms with Gasteiger partial charge in [-0.1, -0.05) is 28.4 Å². The summed E-state index contributed by atoms with van der Waals surface area (Å²) in [5.41, 5.74) is 2.45. The summed E-state index contributed by atoms with van der Waals surface area (Å²) >= 11 is 15.8. The van der Waals surface area contributed by atoms with Crippen LogP contribution in [-0.2, 0) is 9.63 Å². The zero-order valence-corrected chi connectivity index (χ0v) is 20.5. The Morgan fingerprint density at radius 1 is 1.27 bits per heavy atom. The molecule has 3 aromatic rings. The van der Waals surface area contributed by atoms with E-state index in [1.807, 2.05) is 0 Å². The van der Waals surface area contributed by atoms with E-state index in [1.165, 1.54) is 11.7 Å². The number of aryl methyl sites for hydroxylation is 1. The van der Waals surface area contributed by atoms with E-state index in [4.69, 9.17) is 28.0 Å². The van der Waals surface area contributed by atoms with Crippen molar-refractivity contribution in [3.63, 3.8) is 0 Å². The van der Waals surface area contributed by atoms with Crippen molar-refractivity contribution in [2.24, 2.45) is 5.16 Å². The van der Waals surface area contributed by atoms with Crippen molar-refractivity contribution in [2.45, 2.75) is 19.4 Å². The summed E-state index contributed by atoms with van der Waals surface area (Å²) in [6.45, 7) is 1.81. The summed E-state index contributed by atoms with van der Waals surface area (Å²) in [7, 11) is 1.52. The van der Waals surface area contributed by atoms with Crippen LogP contribution in [0, 0.1) is 6.92 Å². The Bertz CT molecular complexity index is 1290. The fourth-order valence-corrected chi connectivity index (χ4v) is 4.21. The molecule has 1 atom stereocenters. The van der Waals surface area contributed by atoms with E-state index >= 15 is 0 Å². The smallest absolute Gasteiger partial charge is 0.274 e. The zero-order chi connectivity index (χ0) is 23.7. The van der Waals surface area contributed by atoms with Crippen molar-refractivity contribution < 1.29 is 14.4 Å². The van der Waals surface area contributed by atoms with E-state index < -0.39 is 12.0 Å². The Balaban J connectivity index is 1.70. The van der Waals surface area contributed by atoms with Crippen LogP contribution in [-0.4, -0.2) is 45.4 Å². The van der Waals surface area contributed by atoms with Crippen molar-refractivity contribution in [1.82, 2.24) is 20.1 Å².